The van der Waals surface area contributed by atoms with Gasteiger partial charge in [-0.05, 0) is 42.5 Å². The first-order valence-corrected chi connectivity index (χ1v) is 11.9. The van der Waals surface area contributed by atoms with Crippen LogP contribution >= 0.6 is 0 Å². The summed E-state index contributed by atoms with van der Waals surface area (Å²) < 4.78 is 0. The molecule has 2 aromatic rings. The minimum atomic E-state index is 0.341. The number of piperazine rings is 1. The number of hydrogen-bond donors (Lipinski definition) is 2. The SMILES string of the molecule is C1=NC=C2N=c3ncc(Nc4ccc(N5CCNCC5)cn4)cc3=C2C1C1CCCCC1. The van der Waals surface area contributed by atoms with Crippen molar-refractivity contribution < 1.29 is 0 Å². The minimum Gasteiger partial charge on any atom is -0.368 e. The molecule has 164 valence electrons. The van der Waals surface area contributed by atoms with Crippen molar-refractivity contribution in [3.05, 3.63) is 53.2 Å². The minimum absolute atomic E-state index is 0.341. The quantitative estimate of drug-likeness (QED) is 0.784. The molecule has 2 aromatic heterocycles. The molecule has 1 saturated heterocycles. The van der Waals surface area contributed by atoms with Crippen molar-refractivity contribution in [1.29, 1.82) is 0 Å². The van der Waals surface area contributed by atoms with Gasteiger partial charge in [0.25, 0.3) is 0 Å². The smallest absolute Gasteiger partial charge is 0.160 e. The van der Waals surface area contributed by atoms with Crippen LogP contribution in [0.1, 0.15) is 32.1 Å². The fourth-order valence-corrected chi connectivity index (χ4v) is 5.42. The van der Waals surface area contributed by atoms with Gasteiger partial charge >= 0.3 is 0 Å². The largest absolute Gasteiger partial charge is 0.368 e. The molecule has 32 heavy (non-hydrogen) atoms. The highest BCUT2D eigenvalue weighted by Crippen LogP contribution is 2.38. The highest BCUT2D eigenvalue weighted by Gasteiger charge is 2.31. The number of fused-ring (bicyclic) bond motifs is 2. The van der Waals surface area contributed by atoms with Crippen LogP contribution in [0.4, 0.5) is 17.2 Å². The number of anilines is 3. The van der Waals surface area contributed by atoms with E-state index in [0.717, 1.165) is 54.1 Å². The lowest BCUT2D eigenvalue weighted by atomic mass is 9.75. The molecule has 1 unspecified atom stereocenters. The monoisotopic (exact) mass is 427 g/mol. The Morgan fingerprint density at radius 2 is 1.88 bits per heavy atom. The van der Waals surface area contributed by atoms with Crippen LogP contribution in [0.5, 0.6) is 0 Å². The molecule has 2 fully saturated rings. The molecule has 0 amide bonds. The number of allylic oxidation sites excluding steroid dienone is 1. The second kappa shape index (κ2) is 8.47. The average Bonchev–Trinajstić information content (AvgIpc) is 3.24. The highest BCUT2D eigenvalue weighted by molar-refractivity contribution is 5.86. The zero-order valence-electron chi connectivity index (χ0n) is 18.3. The lowest BCUT2D eigenvalue weighted by Crippen LogP contribution is -2.43. The Balaban J connectivity index is 1.28. The summed E-state index contributed by atoms with van der Waals surface area (Å²) >= 11 is 0. The standard InChI is InChI=1S/C25H29N7/c1-2-4-17(5-3-1)21-15-27-16-22-24(21)20-12-18(13-29-25(20)31-22)30-23-7-6-19(14-28-23)32-10-8-26-9-11-32/h6-7,12-17,21,26H,1-5,8-11H2,(H,28,30). The molecule has 0 aromatic carbocycles. The Bertz CT molecular complexity index is 1170. The van der Waals surface area contributed by atoms with Gasteiger partial charge in [-0.15, -0.1) is 0 Å². The van der Waals surface area contributed by atoms with Crippen LogP contribution in [0.2, 0.25) is 0 Å². The number of nitrogens with one attached hydrogen (secondary N) is 2. The van der Waals surface area contributed by atoms with Crippen LogP contribution in [0.3, 0.4) is 0 Å². The zero-order valence-corrected chi connectivity index (χ0v) is 18.3. The number of nitrogens with zero attached hydrogens (tertiary/aromatic N) is 5. The number of hydrogen-bond acceptors (Lipinski definition) is 7. The second-order valence-electron chi connectivity index (χ2n) is 9.12. The predicted octanol–water partition coefficient (Wildman–Crippen LogP) is 2.54. The van der Waals surface area contributed by atoms with Crippen molar-refractivity contribution >= 4 is 29.0 Å². The summed E-state index contributed by atoms with van der Waals surface area (Å²) in [7, 11) is 0. The molecule has 6 rings (SSSR count). The molecule has 4 aliphatic rings. The third-order valence-corrected chi connectivity index (χ3v) is 7.10. The summed E-state index contributed by atoms with van der Waals surface area (Å²) in [4.78, 5) is 21.0. The van der Waals surface area contributed by atoms with Gasteiger partial charge in [0.1, 0.15) is 5.82 Å². The molecule has 0 spiro atoms. The lowest BCUT2D eigenvalue weighted by molar-refractivity contribution is 0.335. The third-order valence-electron chi connectivity index (χ3n) is 7.10. The summed E-state index contributed by atoms with van der Waals surface area (Å²) in [5, 5.41) is 7.97. The van der Waals surface area contributed by atoms with Gasteiger partial charge in [-0.1, -0.05) is 19.3 Å². The van der Waals surface area contributed by atoms with Gasteiger partial charge in [-0.2, -0.15) is 0 Å². The maximum Gasteiger partial charge on any atom is 0.160 e. The molecule has 3 aliphatic heterocycles. The van der Waals surface area contributed by atoms with Crippen LogP contribution in [0.25, 0.3) is 5.57 Å². The number of rotatable bonds is 4. The molecule has 5 heterocycles. The lowest BCUT2D eigenvalue weighted by Gasteiger charge is -2.30. The van der Waals surface area contributed by atoms with Gasteiger partial charge in [-0.3, -0.25) is 4.99 Å². The van der Waals surface area contributed by atoms with E-state index < -0.39 is 0 Å². The Labute approximate surface area is 188 Å². The first kappa shape index (κ1) is 19.6. The summed E-state index contributed by atoms with van der Waals surface area (Å²) in [6.45, 7) is 4.08. The van der Waals surface area contributed by atoms with E-state index in [1.54, 1.807) is 0 Å². The molecule has 7 heteroatoms. The van der Waals surface area contributed by atoms with Gasteiger partial charge in [0, 0.05) is 43.5 Å². The van der Waals surface area contributed by atoms with E-state index in [1.807, 2.05) is 24.7 Å². The van der Waals surface area contributed by atoms with E-state index in [2.05, 4.69) is 48.8 Å². The van der Waals surface area contributed by atoms with E-state index in [1.165, 1.54) is 43.4 Å². The zero-order chi connectivity index (χ0) is 21.3. The van der Waals surface area contributed by atoms with Gasteiger partial charge in [0.05, 0.1) is 35.7 Å². The van der Waals surface area contributed by atoms with Gasteiger partial charge in [0.2, 0.25) is 0 Å². The Hall–Kier alpha value is -3.06. The predicted molar refractivity (Wildman–Crippen MR) is 128 cm³/mol. The molecular formula is C25H29N7. The normalized spacial score (nSPS) is 22.8. The second-order valence-corrected chi connectivity index (χ2v) is 9.12. The van der Waals surface area contributed by atoms with Crippen LogP contribution in [0.15, 0.2) is 52.5 Å². The molecule has 1 aliphatic carbocycles. The van der Waals surface area contributed by atoms with E-state index in [-0.39, 0.29) is 0 Å². The molecule has 0 bridgehead atoms. The first-order valence-electron chi connectivity index (χ1n) is 11.9. The number of aromatic nitrogens is 2. The maximum atomic E-state index is 4.78. The van der Waals surface area contributed by atoms with Crippen LogP contribution in [-0.4, -0.2) is 42.4 Å². The molecular weight excluding hydrogens is 398 g/mol. The molecule has 1 atom stereocenters. The van der Waals surface area contributed by atoms with Crippen molar-refractivity contribution in [2.24, 2.45) is 21.8 Å². The summed E-state index contributed by atoms with van der Waals surface area (Å²) in [6, 6.07) is 6.37. The Morgan fingerprint density at radius 3 is 2.69 bits per heavy atom. The summed E-state index contributed by atoms with van der Waals surface area (Å²) in [5.41, 5.74) is 5.22. The van der Waals surface area contributed by atoms with Crippen molar-refractivity contribution in [3.63, 3.8) is 0 Å². The van der Waals surface area contributed by atoms with Crippen molar-refractivity contribution in [3.8, 4) is 0 Å². The number of pyridine rings is 2. The van der Waals surface area contributed by atoms with Crippen LogP contribution in [0, 0.1) is 11.8 Å². The Morgan fingerprint density at radius 1 is 1.00 bits per heavy atom. The van der Waals surface area contributed by atoms with Crippen molar-refractivity contribution in [2.75, 3.05) is 36.4 Å². The van der Waals surface area contributed by atoms with E-state index >= 15 is 0 Å². The fourth-order valence-electron chi connectivity index (χ4n) is 5.42. The number of aliphatic imine (C=N–C) groups is 1. The molecule has 2 N–H and O–H groups in total. The Kier molecular flexibility index (Phi) is 5.19. The van der Waals surface area contributed by atoms with Crippen LogP contribution in [-0.2, 0) is 0 Å². The van der Waals surface area contributed by atoms with Crippen LogP contribution < -0.4 is 26.2 Å². The fraction of sp³-hybridized carbons (Fsp3) is 0.440. The third kappa shape index (κ3) is 3.71. The van der Waals surface area contributed by atoms with E-state index in [0.29, 0.717) is 11.8 Å². The van der Waals surface area contributed by atoms with Crippen molar-refractivity contribution in [1.82, 2.24) is 15.3 Å². The summed E-state index contributed by atoms with van der Waals surface area (Å²) in [6.07, 6.45) is 14.4. The van der Waals surface area contributed by atoms with Gasteiger partial charge in [-0.25, -0.2) is 15.0 Å². The van der Waals surface area contributed by atoms with Gasteiger partial charge in [0.15, 0.2) is 5.49 Å². The van der Waals surface area contributed by atoms with Crippen molar-refractivity contribution in [2.45, 2.75) is 32.1 Å². The first-order chi connectivity index (χ1) is 15.8. The topological polar surface area (TPSA) is 77.8 Å². The van der Waals surface area contributed by atoms with E-state index in [9.17, 15) is 0 Å². The van der Waals surface area contributed by atoms with E-state index in [4.69, 9.17) is 4.99 Å². The molecule has 0 radical (unpaired) electrons. The average molecular weight is 428 g/mol. The molecule has 1 saturated carbocycles. The molecule has 7 nitrogen and oxygen atoms in total. The van der Waals surface area contributed by atoms with Gasteiger partial charge < -0.3 is 15.5 Å². The summed E-state index contributed by atoms with van der Waals surface area (Å²) in [5.74, 6) is 1.83. The maximum absolute atomic E-state index is 4.78. The highest BCUT2D eigenvalue weighted by atomic mass is 15.2.